The molecule has 0 spiro atoms. The number of aromatic carboxylic acids is 1. The van der Waals surface area contributed by atoms with Crippen molar-refractivity contribution in [1.29, 1.82) is 0 Å². The van der Waals surface area contributed by atoms with E-state index in [2.05, 4.69) is 0 Å². The maximum atomic E-state index is 11.4. The molecule has 0 amide bonds. The fourth-order valence-corrected chi connectivity index (χ4v) is 2.10. The highest BCUT2D eigenvalue weighted by Crippen LogP contribution is 2.30. The zero-order valence-corrected chi connectivity index (χ0v) is 12.2. The van der Waals surface area contributed by atoms with Crippen molar-refractivity contribution >= 4 is 5.97 Å². The lowest BCUT2D eigenvalue weighted by Gasteiger charge is -2.15. The van der Waals surface area contributed by atoms with Crippen LogP contribution in [0.5, 0.6) is 5.75 Å². The molecule has 116 valence electrons. The standard InChI is InChI=1S/C17H18O5/c1-11-15(17(20)21)7-13(12-5-3-2-4-6-12)8-16(11)22-10-14(19)9-18/h2-8,14,18-19H,9-10H2,1H3,(H,20,21). The van der Waals surface area contributed by atoms with E-state index in [1.807, 2.05) is 30.3 Å². The third kappa shape index (κ3) is 3.63. The molecule has 0 aromatic heterocycles. The van der Waals surface area contributed by atoms with E-state index in [1.54, 1.807) is 19.1 Å². The molecule has 2 rings (SSSR count). The molecule has 22 heavy (non-hydrogen) atoms. The summed E-state index contributed by atoms with van der Waals surface area (Å²) in [6.07, 6.45) is -1.01. The Labute approximate surface area is 128 Å². The summed E-state index contributed by atoms with van der Waals surface area (Å²) in [7, 11) is 0. The van der Waals surface area contributed by atoms with Gasteiger partial charge in [-0.05, 0) is 30.2 Å². The van der Waals surface area contributed by atoms with E-state index in [9.17, 15) is 15.0 Å². The summed E-state index contributed by atoms with van der Waals surface area (Å²) in [6, 6.07) is 12.7. The average molecular weight is 302 g/mol. The zero-order valence-electron chi connectivity index (χ0n) is 12.2. The Morgan fingerprint density at radius 3 is 2.45 bits per heavy atom. The van der Waals surface area contributed by atoms with Crippen LogP contribution in [-0.4, -0.2) is 40.6 Å². The molecule has 2 aromatic carbocycles. The lowest BCUT2D eigenvalue weighted by molar-refractivity contribution is 0.0532. The Balaban J connectivity index is 2.43. The van der Waals surface area contributed by atoms with Crippen molar-refractivity contribution in [2.45, 2.75) is 13.0 Å². The van der Waals surface area contributed by atoms with Gasteiger partial charge in [-0.2, -0.15) is 0 Å². The lowest BCUT2D eigenvalue weighted by Crippen LogP contribution is -2.21. The first-order valence-corrected chi connectivity index (χ1v) is 6.88. The molecule has 1 atom stereocenters. The van der Waals surface area contributed by atoms with E-state index in [1.165, 1.54) is 0 Å². The van der Waals surface area contributed by atoms with Crippen molar-refractivity contribution < 1.29 is 24.9 Å². The fourth-order valence-electron chi connectivity index (χ4n) is 2.10. The van der Waals surface area contributed by atoms with E-state index in [4.69, 9.17) is 9.84 Å². The van der Waals surface area contributed by atoms with E-state index in [0.29, 0.717) is 11.3 Å². The Morgan fingerprint density at radius 1 is 1.18 bits per heavy atom. The highest BCUT2D eigenvalue weighted by atomic mass is 16.5. The minimum atomic E-state index is -1.04. The van der Waals surface area contributed by atoms with Gasteiger partial charge in [0.05, 0.1) is 12.2 Å². The van der Waals surface area contributed by atoms with Gasteiger partial charge in [0.25, 0.3) is 0 Å². The SMILES string of the molecule is Cc1c(OCC(O)CO)cc(-c2ccccc2)cc1C(=O)O. The highest BCUT2D eigenvalue weighted by molar-refractivity contribution is 5.92. The van der Waals surface area contributed by atoms with Crippen LogP contribution in [-0.2, 0) is 0 Å². The van der Waals surface area contributed by atoms with Crippen LogP contribution in [0.4, 0.5) is 0 Å². The van der Waals surface area contributed by atoms with Gasteiger partial charge in [-0.15, -0.1) is 0 Å². The largest absolute Gasteiger partial charge is 0.490 e. The zero-order chi connectivity index (χ0) is 16.1. The minimum absolute atomic E-state index is 0.103. The third-order valence-corrected chi connectivity index (χ3v) is 3.34. The van der Waals surface area contributed by atoms with Crippen LogP contribution in [0.15, 0.2) is 42.5 Å². The number of carbonyl (C=O) groups is 1. The average Bonchev–Trinajstić information content (AvgIpc) is 2.54. The van der Waals surface area contributed by atoms with Crippen LogP contribution in [0.2, 0.25) is 0 Å². The molecule has 3 N–H and O–H groups in total. The van der Waals surface area contributed by atoms with Crippen LogP contribution < -0.4 is 4.74 Å². The first-order valence-electron chi connectivity index (χ1n) is 6.88. The van der Waals surface area contributed by atoms with Gasteiger partial charge in [0.2, 0.25) is 0 Å². The maximum Gasteiger partial charge on any atom is 0.336 e. The number of hydrogen-bond acceptors (Lipinski definition) is 4. The van der Waals surface area contributed by atoms with E-state index in [0.717, 1.165) is 11.1 Å². The molecule has 0 radical (unpaired) electrons. The van der Waals surface area contributed by atoms with E-state index in [-0.39, 0.29) is 12.2 Å². The van der Waals surface area contributed by atoms with Crippen LogP contribution in [0.1, 0.15) is 15.9 Å². The van der Waals surface area contributed by atoms with Crippen molar-refractivity contribution in [2.75, 3.05) is 13.2 Å². The smallest absolute Gasteiger partial charge is 0.336 e. The molecule has 0 aliphatic heterocycles. The van der Waals surface area contributed by atoms with Gasteiger partial charge in [-0.3, -0.25) is 0 Å². The molecule has 2 aromatic rings. The summed E-state index contributed by atoms with van der Waals surface area (Å²) in [4.78, 5) is 11.4. The van der Waals surface area contributed by atoms with Crippen molar-refractivity contribution in [3.63, 3.8) is 0 Å². The Hall–Kier alpha value is -2.37. The van der Waals surface area contributed by atoms with E-state index < -0.39 is 18.7 Å². The van der Waals surface area contributed by atoms with Crippen LogP contribution >= 0.6 is 0 Å². The number of carboxylic acid groups (broad SMARTS) is 1. The molecule has 5 nitrogen and oxygen atoms in total. The molecule has 0 saturated carbocycles. The highest BCUT2D eigenvalue weighted by Gasteiger charge is 2.15. The summed E-state index contributed by atoms with van der Waals surface area (Å²) >= 11 is 0. The van der Waals surface area contributed by atoms with Crippen molar-refractivity contribution in [2.24, 2.45) is 0 Å². The van der Waals surface area contributed by atoms with Crippen molar-refractivity contribution in [1.82, 2.24) is 0 Å². The van der Waals surface area contributed by atoms with Gasteiger partial charge in [-0.25, -0.2) is 4.79 Å². The van der Waals surface area contributed by atoms with Crippen LogP contribution in [0, 0.1) is 6.92 Å². The lowest BCUT2D eigenvalue weighted by atomic mass is 9.99. The normalized spacial score (nSPS) is 12.0. The Morgan fingerprint density at radius 2 is 1.86 bits per heavy atom. The van der Waals surface area contributed by atoms with Gasteiger partial charge >= 0.3 is 5.97 Å². The number of aliphatic hydroxyl groups is 2. The first-order chi connectivity index (χ1) is 10.5. The fraction of sp³-hybridized carbons (Fsp3) is 0.235. The van der Waals surface area contributed by atoms with Crippen molar-refractivity contribution in [3.05, 3.63) is 53.6 Å². The summed E-state index contributed by atoms with van der Waals surface area (Å²) < 4.78 is 5.47. The topological polar surface area (TPSA) is 87.0 Å². The molecule has 0 heterocycles. The minimum Gasteiger partial charge on any atom is -0.490 e. The summed E-state index contributed by atoms with van der Waals surface area (Å²) in [5.74, 6) is -0.658. The predicted octanol–water partition coefficient (Wildman–Crippen LogP) is 2.09. The molecule has 0 bridgehead atoms. The maximum absolute atomic E-state index is 11.4. The van der Waals surface area contributed by atoms with Crippen molar-refractivity contribution in [3.8, 4) is 16.9 Å². The molecule has 0 aliphatic rings. The molecule has 1 unspecified atom stereocenters. The second-order valence-electron chi connectivity index (χ2n) is 4.97. The monoisotopic (exact) mass is 302 g/mol. The van der Waals surface area contributed by atoms with Gasteiger partial charge in [-0.1, -0.05) is 30.3 Å². The Bertz CT molecular complexity index is 652. The first kappa shape index (κ1) is 16.0. The number of carboxylic acids is 1. The van der Waals surface area contributed by atoms with Gasteiger partial charge in [0.1, 0.15) is 18.5 Å². The number of ether oxygens (including phenoxy) is 1. The molecule has 0 fully saturated rings. The summed E-state index contributed by atoms with van der Waals surface area (Å²) in [5.41, 5.74) is 2.22. The van der Waals surface area contributed by atoms with Gasteiger partial charge < -0.3 is 20.1 Å². The van der Waals surface area contributed by atoms with E-state index >= 15 is 0 Å². The summed E-state index contributed by atoms with van der Waals surface area (Å²) in [6.45, 7) is 1.14. The van der Waals surface area contributed by atoms with Crippen LogP contribution in [0.25, 0.3) is 11.1 Å². The van der Waals surface area contributed by atoms with Gasteiger partial charge in [0, 0.05) is 5.56 Å². The van der Waals surface area contributed by atoms with Crippen LogP contribution in [0.3, 0.4) is 0 Å². The second kappa shape index (κ2) is 7.06. The molecular weight excluding hydrogens is 284 g/mol. The second-order valence-corrected chi connectivity index (χ2v) is 4.97. The number of aliphatic hydroxyl groups excluding tert-OH is 2. The number of hydrogen-bond donors (Lipinski definition) is 3. The Kier molecular flexibility index (Phi) is 5.14. The molecular formula is C17H18O5. The summed E-state index contributed by atoms with van der Waals surface area (Å²) in [5, 5.41) is 27.6. The number of rotatable bonds is 6. The molecule has 0 aliphatic carbocycles. The predicted molar refractivity (Wildman–Crippen MR) is 82.2 cm³/mol. The van der Waals surface area contributed by atoms with Gasteiger partial charge in [0.15, 0.2) is 0 Å². The molecule has 0 saturated heterocycles. The number of benzene rings is 2. The quantitative estimate of drug-likeness (QED) is 0.760. The third-order valence-electron chi connectivity index (χ3n) is 3.34. The molecule has 5 heteroatoms.